The molecule has 2 rings (SSSR count). The summed E-state index contributed by atoms with van der Waals surface area (Å²) >= 11 is 0. The predicted molar refractivity (Wildman–Crippen MR) is 95.8 cm³/mol. The lowest BCUT2D eigenvalue weighted by Gasteiger charge is -2.26. The van der Waals surface area contributed by atoms with Gasteiger partial charge in [-0.25, -0.2) is 9.48 Å². The van der Waals surface area contributed by atoms with Crippen LogP contribution in [0.15, 0.2) is 30.6 Å². The number of benzene rings is 1. The Morgan fingerprint density at radius 2 is 2.22 bits per heavy atom. The van der Waals surface area contributed by atoms with E-state index in [9.17, 15) is 14.9 Å². The van der Waals surface area contributed by atoms with Gasteiger partial charge in [0.1, 0.15) is 30.3 Å². The van der Waals surface area contributed by atoms with Gasteiger partial charge in [-0.1, -0.05) is 0 Å². The van der Waals surface area contributed by atoms with Crippen molar-refractivity contribution in [1.82, 2.24) is 9.78 Å². The molecule has 1 aromatic heterocycles. The van der Waals surface area contributed by atoms with E-state index in [0.29, 0.717) is 22.6 Å². The molecule has 1 heterocycles. The van der Waals surface area contributed by atoms with Gasteiger partial charge in [0.2, 0.25) is 0 Å². The van der Waals surface area contributed by atoms with Crippen molar-refractivity contribution in [3.05, 3.63) is 41.7 Å². The van der Waals surface area contributed by atoms with Gasteiger partial charge in [-0.05, 0) is 32.0 Å². The quantitative estimate of drug-likeness (QED) is 0.492. The van der Waals surface area contributed by atoms with Gasteiger partial charge < -0.3 is 19.0 Å². The number of hydrogen-bond acceptors (Lipinski definition) is 7. The van der Waals surface area contributed by atoms with Crippen LogP contribution >= 0.6 is 0 Å². The Morgan fingerprint density at radius 1 is 1.44 bits per heavy atom. The Hall–Kier alpha value is -3.18. The number of nitrogens with zero attached hydrogens (tertiary/aromatic N) is 3. The number of esters is 1. The molecule has 0 N–H and O–H groups in total. The molecule has 0 aliphatic carbocycles. The molecule has 0 spiro atoms. The molecule has 0 saturated carbocycles. The van der Waals surface area contributed by atoms with Crippen molar-refractivity contribution in [3.63, 3.8) is 0 Å². The number of aldehydes is 1. The fourth-order valence-electron chi connectivity index (χ4n) is 2.27. The summed E-state index contributed by atoms with van der Waals surface area (Å²) < 4.78 is 17.4. The number of carbonyl (C=O) groups is 2. The summed E-state index contributed by atoms with van der Waals surface area (Å²) in [5, 5.41) is 13.5. The molecule has 1 aromatic carbocycles. The van der Waals surface area contributed by atoms with Gasteiger partial charge in [0.15, 0.2) is 0 Å². The van der Waals surface area contributed by atoms with Gasteiger partial charge in [0.25, 0.3) is 0 Å². The van der Waals surface area contributed by atoms with E-state index in [0.717, 1.165) is 6.29 Å². The second-order valence-electron chi connectivity index (χ2n) is 6.00. The van der Waals surface area contributed by atoms with E-state index in [2.05, 4.69) is 11.2 Å². The summed E-state index contributed by atoms with van der Waals surface area (Å²) in [7, 11) is 1.50. The number of carbonyl (C=O) groups excluding carboxylic acids is 2. The highest BCUT2D eigenvalue weighted by Crippen LogP contribution is 2.24. The molecule has 0 radical (unpaired) electrons. The first kappa shape index (κ1) is 20.1. The Bertz CT molecular complexity index is 855. The van der Waals surface area contributed by atoms with Crippen LogP contribution in [-0.4, -0.2) is 48.0 Å². The molecule has 1 unspecified atom stereocenters. The van der Waals surface area contributed by atoms with E-state index < -0.39 is 11.6 Å². The summed E-state index contributed by atoms with van der Waals surface area (Å²) in [4.78, 5) is 22.5. The minimum Gasteiger partial charge on any atom is -0.489 e. The lowest BCUT2D eigenvalue weighted by molar-refractivity contribution is -0.115. The summed E-state index contributed by atoms with van der Waals surface area (Å²) in [5.41, 5.74) is 0.437. The van der Waals surface area contributed by atoms with Gasteiger partial charge in [0.05, 0.1) is 29.6 Å². The molecule has 8 nitrogen and oxygen atoms in total. The molecule has 27 heavy (non-hydrogen) atoms. The van der Waals surface area contributed by atoms with Crippen molar-refractivity contribution in [3.8, 4) is 17.5 Å². The van der Waals surface area contributed by atoms with Crippen LogP contribution < -0.4 is 4.74 Å². The highest BCUT2D eigenvalue weighted by molar-refractivity contribution is 5.88. The highest BCUT2D eigenvalue weighted by Gasteiger charge is 2.25. The van der Waals surface area contributed by atoms with E-state index in [1.54, 1.807) is 32.0 Å². The molecule has 1 atom stereocenters. The first-order chi connectivity index (χ1) is 13.0. The third-order valence-electron chi connectivity index (χ3n) is 3.98. The number of hydrogen-bond donors (Lipinski definition) is 0. The molecule has 2 aromatic rings. The largest absolute Gasteiger partial charge is 0.489 e. The van der Waals surface area contributed by atoms with Gasteiger partial charge in [-0.2, -0.15) is 10.4 Å². The maximum atomic E-state index is 11.7. The Kier molecular flexibility index (Phi) is 6.68. The third kappa shape index (κ3) is 4.92. The standard InChI is InChI=1S/C19H21N3O5/c1-4-26-18(24)15-11-21-22(12-15)16-5-6-17(14(9-16)10-20)27-13-19(2,25-3)7-8-23/h5-6,8-9,11-12H,4,7,13H2,1-3H3. The molecule has 0 bridgehead atoms. The zero-order valence-electron chi connectivity index (χ0n) is 15.5. The van der Waals surface area contributed by atoms with Crippen LogP contribution in [0.2, 0.25) is 0 Å². The lowest BCUT2D eigenvalue weighted by Crippen LogP contribution is -2.35. The van der Waals surface area contributed by atoms with Gasteiger partial charge in [0, 0.05) is 19.7 Å². The van der Waals surface area contributed by atoms with Crippen LogP contribution in [-0.2, 0) is 14.3 Å². The number of nitriles is 1. The number of rotatable bonds is 9. The highest BCUT2D eigenvalue weighted by atomic mass is 16.5. The Morgan fingerprint density at radius 3 is 2.85 bits per heavy atom. The molecular formula is C19H21N3O5. The topological polar surface area (TPSA) is 103 Å². The predicted octanol–water partition coefficient (Wildman–Crippen LogP) is 2.29. The summed E-state index contributed by atoms with van der Waals surface area (Å²) in [6.07, 6.45) is 3.87. The van der Waals surface area contributed by atoms with E-state index in [1.807, 2.05) is 0 Å². The zero-order chi connectivity index (χ0) is 19.9. The van der Waals surface area contributed by atoms with Crippen molar-refractivity contribution in [1.29, 1.82) is 5.26 Å². The Balaban J connectivity index is 2.20. The first-order valence-electron chi connectivity index (χ1n) is 8.34. The van der Waals surface area contributed by atoms with E-state index in [-0.39, 0.29) is 19.6 Å². The van der Waals surface area contributed by atoms with Crippen LogP contribution in [0.25, 0.3) is 5.69 Å². The summed E-state index contributed by atoms with van der Waals surface area (Å²) in [5.74, 6) is -0.0913. The normalized spacial score (nSPS) is 12.7. The molecule has 0 aliphatic heterocycles. The van der Waals surface area contributed by atoms with Crippen molar-refractivity contribution in [2.75, 3.05) is 20.3 Å². The van der Waals surface area contributed by atoms with Crippen molar-refractivity contribution in [2.45, 2.75) is 25.9 Å². The molecule has 142 valence electrons. The molecule has 0 fully saturated rings. The molecular weight excluding hydrogens is 350 g/mol. The maximum Gasteiger partial charge on any atom is 0.341 e. The molecule has 0 aliphatic rings. The van der Waals surface area contributed by atoms with Crippen LogP contribution in [0.1, 0.15) is 36.2 Å². The fourth-order valence-corrected chi connectivity index (χ4v) is 2.27. The lowest BCUT2D eigenvalue weighted by atomic mass is 10.0. The van der Waals surface area contributed by atoms with Gasteiger partial charge in [-0.15, -0.1) is 0 Å². The van der Waals surface area contributed by atoms with Crippen LogP contribution in [0.3, 0.4) is 0 Å². The number of methoxy groups -OCH3 is 1. The second kappa shape index (κ2) is 8.96. The first-order valence-corrected chi connectivity index (χ1v) is 8.34. The SMILES string of the molecule is CCOC(=O)c1cnn(-c2ccc(OCC(C)(CC=O)OC)c(C#N)c2)c1. The minimum atomic E-state index is -0.774. The average Bonchev–Trinajstić information content (AvgIpc) is 3.17. The van der Waals surface area contributed by atoms with Crippen molar-refractivity contribution < 1.29 is 23.8 Å². The molecule has 0 amide bonds. The number of aromatic nitrogens is 2. The van der Waals surface area contributed by atoms with E-state index >= 15 is 0 Å². The maximum absolute atomic E-state index is 11.7. The second-order valence-corrected chi connectivity index (χ2v) is 6.00. The number of ether oxygens (including phenoxy) is 3. The van der Waals surface area contributed by atoms with Crippen LogP contribution in [0.4, 0.5) is 0 Å². The summed E-state index contributed by atoms with van der Waals surface area (Å²) in [6.45, 7) is 3.87. The monoisotopic (exact) mass is 371 g/mol. The average molecular weight is 371 g/mol. The third-order valence-corrected chi connectivity index (χ3v) is 3.98. The van der Waals surface area contributed by atoms with Crippen LogP contribution in [0.5, 0.6) is 5.75 Å². The van der Waals surface area contributed by atoms with Gasteiger partial charge >= 0.3 is 5.97 Å². The van der Waals surface area contributed by atoms with Crippen LogP contribution in [0, 0.1) is 11.3 Å². The van der Waals surface area contributed by atoms with Gasteiger partial charge in [-0.3, -0.25) is 0 Å². The van der Waals surface area contributed by atoms with E-state index in [4.69, 9.17) is 14.2 Å². The van der Waals surface area contributed by atoms with Crippen molar-refractivity contribution >= 4 is 12.3 Å². The smallest absolute Gasteiger partial charge is 0.341 e. The minimum absolute atomic E-state index is 0.116. The fraction of sp³-hybridized carbons (Fsp3) is 0.368. The summed E-state index contributed by atoms with van der Waals surface area (Å²) in [6, 6.07) is 7.02. The Labute approximate surface area is 157 Å². The zero-order valence-corrected chi connectivity index (χ0v) is 15.5. The van der Waals surface area contributed by atoms with E-state index in [1.165, 1.54) is 24.2 Å². The van der Waals surface area contributed by atoms with Crippen molar-refractivity contribution in [2.24, 2.45) is 0 Å². The molecule has 8 heteroatoms. The molecule has 0 saturated heterocycles.